The third-order valence-electron chi connectivity index (χ3n) is 5.47. The number of allylic oxidation sites excluding steroid dienone is 1. The van der Waals surface area contributed by atoms with Gasteiger partial charge in [-0.3, -0.25) is 14.8 Å². The van der Waals surface area contributed by atoms with Crippen LogP contribution in [0.3, 0.4) is 0 Å². The molecule has 0 N–H and O–H groups in total. The molecule has 0 spiro atoms. The average Bonchev–Trinajstić information content (AvgIpc) is 2.60. The number of rotatable bonds is 8. The third-order valence-corrected chi connectivity index (χ3v) is 5.47. The van der Waals surface area contributed by atoms with E-state index >= 15 is 0 Å². The molecule has 0 aliphatic carbocycles. The number of aromatic nitrogens is 1. The van der Waals surface area contributed by atoms with E-state index in [1.54, 1.807) is 12.3 Å². The van der Waals surface area contributed by atoms with E-state index in [9.17, 15) is 9.18 Å². The number of hydrogen-bond donors (Lipinski definition) is 0. The molecule has 0 bridgehead atoms. The molecule has 3 unspecified atom stereocenters. The van der Waals surface area contributed by atoms with Crippen LogP contribution in [0, 0.1) is 29.5 Å². The molecular formula is C22H31FN2O. The summed E-state index contributed by atoms with van der Waals surface area (Å²) in [7, 11) is 0. The van der Waals surface area contributed by atoms with Crippen molar-refractivity contribution in [3.05, 3.63) is 41.5 Å². The zero-order chi connectivity index (χ0) is 19.3. The second-order valence-corrected chi connectivity index (χ2v) is 7.95. The van der Waals surface area contributed by atoms with Gasteiger partial charge in [-0.15, -0.1) is 0 Å². The number of aryl methyl sites for hydroxylation is 1. The van der Waals surface area contributed by atoms with Crippen LogP contribution in [0.2, 0.25) is 0 Å². The van der Waals surface area contributed by atoms with E-state index in [4.69, 9.17) is 4.99 Å². The Bertz CT molecular complexity index is 693. The van der Waals surface area contributed by atoms with Gasteiger partial charge in [0.15, 0.2) is 0 Å². The zero-order valence-corrected chi connectivity index (χ0v) is 16.6. The highest BCUT2D eigenvalue weighted by Crippen LogP contribution is 2.30. The smallest absolute Gasteiger partial charge is 0.141 e. The highest BCUT2D eigenvalue weighted by molar-refractivity contribution is 5.99. The summed E-state index contributed by atoms with van der Waals surface area (Å²) in [4.78, 5) is 20.7. The molecule has 0 saturated carbocycles. The van der Waals surface area contributed by atoms with Crippen molar-refractivity contribution in [2.75, 3.05) is 6.54 Å². The Hall–Kier alpha value is -1.84. The molecule has 2 rings (SSSR count). The van der Waals surface area contributed by atoms with Crippen molar-refractivity contribution < 1.29 is 9.18 Å². The van der Waals surface area contributed by atoms with E-state index in [1.165, 1.54) is 11.8 Å². The summed E-state index contributed by atoms with van der Waals surface area (Å²) >= 11 is 0. The zero-order valence-electron chi connectivity index (χ0n) is 16.6. The van der Waals surface area contributed by atoms with Crippen LogP contribution in [0.1, 0.15) is 53.0 Å². The van der Waals surface area contributed by atoms with Crippen LogP contribution in [0.15, 0.2) is 35.1 Å². The number of dihydropyridines is 1. The van der Waals surface area contributed by atoms with Crippen molar-refractivity contribution in [3.8, 4) is 0 Å². The fourth-order valence-corrected chi connectivity index (χ4v) is 3.41. The summed E-state index contributed by atoms with van der Waals surface area (Å²) in [5.41, 5.74) is 3.28. The predicted octanol–water partition coefficient (Wildman–Crippen LogP) is 5.06. The highest BCUT2D eigenvalue weighted by atomic mass is 19.1. The second-order valence-electron chi connectivity index (χ2n) is 7.95. The van der Waals surface area contributed by atoms with Crippen molar-refractivity contribution in [2.24, 2.45) is 28.7 Å². The number of ketones is 1. The minimum absolute atomic E-state index is 0.0902. The van der Waals surface area contributed by atoms with E-state index in [2.05, 4.69) is 31.8 Å². The van der Waals surface area contributed by atoms with Gasteiger partial charge in [-0.2, -0.15) is 0 Å². The molecule has 26 heavy (non-hydrogen) atoms. The summed E-state index contributed by atoms with van der Waals surface area (Å²) in [6.07, 6.45) is 7.63. The standard InChI is InChI=1S/C22H31FN2O/c1-14(2)22(26)8-15(3)16(4)21-10-19(12-25-17(21)5)7-6-18-9-20(23)13-24-11-18/h9-11,13-16,19H,6-8,12H2,1-5H3. The number of nitrogens with zero attached hydrogens (tertiary/aromatic N) is 2. The minimum atomic E-state index is -0.284. The van der Waals surface area contributed by atoms with Crippen molar-refractivity contribution in [1.29, 1.82) is 0 Å². The van der Waals surface area contributed by atoms with E-state index in [1.807, 2.05) is 13.8 Å². The molecule has 1 aliphatic heterocycles. The Balaban J connectivity index is 2.01. The summed E-state index contributed by atoms with van der Waals surface area (Å²) in [5.74, 6) is 1.09. The second kappa shape index (κ2) is 9.20. The molecule has 4 heteroatoms. The quantitative estimate of drug-likeness (QED) is 0.652. The molecule has 1 aliphatic rings. The van der Waals surface area contributed by atoms with Gasteiger partial charge in [-0.1, -0.05) is 33.8 Å². The summed E-state index contributed by atoms with van der Waals surface area (Å²) < 4.78 is 13.3. The maximum atomic E-state index is 13.3. The van der Waals surface area contributed by atoms with Crippen LogP contribution in [0.25, 0.3) is 0 Å². The van der Waals surface area contributed by atoms with Crippen LogP contribution >= 0.6 is 0 Å². The fraction of sp³-hybridized carbons (Fsp3) is 0.591. The van der Waals surface area contributed by atoms with Gasteiger partial charge in [-0.05, 0) is 54.7 Å². The number of carbonyl (C=O) groups excluding carboxylic acids is 1. The van der Waals surface area contributed by atoms with Crippen molar-refractivity contribution >= 4 is 11.5 Å². The molecule has 0 radical (unpaired) electrons. The number of pyridine rings is 1. The van der Waals surface area contributed by atoms with E-state index < -0.39 is 0 Å². The van der Waals surface area contributed by atoms with Gasteiger partial charge in [0.1, 0.15) is 11.6 Å². The highest BCUT2D eigenvalue weighted by Gasteiger charge is 2.25. The molecular weight excluding hydrogens is 327 g/mol. The summed E-state index contributed by atoms with van der Waals surface area (Å²) in [6.45, 7) is 11.1. The normalized spacial score (nSPS) is 19.7. The van der Waals surface area contributed by atoms with Crippen molar-refractivity contribution in [1.82, 2.24) is 4.98 Å². The maximum Gasteiger partial charge on any atom is 0.141 e. The molecule has 3 atom stereocenters. The first-order chi connectivity index (χ1) is 12.3. The minimum Gasteiger partial charge on any atom is -0.299 e. The summed E-state index contributed by atoms with van der Waals surface area (Å²) in [5, 5.41) is 0. The van der Waals surface area contributed by atoms with E-state index in [-0.39, 0.29) is 11.7 Å². The Kier molecular flexibility index (Phi) is 7.24. The Morgan fingerprint density at radius 3 is 2.65 bits per heavy atom. The lowest BCUT2D eigenvalue weighted by Crippen LogP contribution is -2.24. The predicted molar refractivity (Wildman–Crippen MR) is 105 cm³/mol. The molecule has 0 amide bonds. The number of aliphatic imine (C=N–C) groups is 1. The molecule has 2 heterocycles. The van der Waals surface area contributed by atoms with E-state index in [0.717, 1.165) is 30.7 Å². The Labute approximate surface area is 156 Å². The SMILES string of the molecule is CC1=NCC(CCc2cncc(F)c2)C=C1C(C)C(C)CC(=O)C(C)C. The average molecular weight is 359 g/mol. The van der Waals surface area contributed by atoms with Gasteiger partial charge in [0, 0.05) is 30.8 Å². The van der Waals surface area contributed by atoms with Gasteiger partial charge < -0.3 is 0 Å². The van der Waals surface area contributed by atoms with Gasteiger partial charge in [0.2, 0.25) is 0 Å². The van der Waals surface area contributed by atoms with Crippen molar-refractivity contribution in [2.45, 2.75) is 53.9 Å². The number of hydrogen-bond acceptors (Lipinski definition) is 3. The van der Waals surface area contributed by atoms with E-state index in [0.29, 0.717) is 30.0 Å². The van der Waals surface area contributed by atoms with Crippen LogP contribution in [0.5, 0.6) is 0 Å². The molecule has 1 aromatic rings. The van der Waals surface area contributed by atoms with Crippen LogP contribution < -0.4 is 0 Å². The van der Waals surface area contributed by atoms with Gasteiger partial charge in [0.25, 0.3) is 0 Å². The van der Waals surface area contributed by atoms with Gasteiger partial charge in [0.05, 0.1) is 6.20 Å². The fourth-order valence-electron chi connectivity index (χ4n) is 3.41. The number of carbonyl (C=O) groups is 1. The van der Waals surface area contributed by atoms with Crippen molar-refractivity contribution in [3.63, 3.8) is 0 Å². The maximum absolute atomic E-state index is 13.3. The van der Waals surface area contributed by atoms with Gasteiger partial charge in [-0.25, -0.2) is 4.39 Å². The summed E-state index contributed by atoms with van der Waals surface area (Å²) in [6, 6.07) is 1.55. The monoisotopic (exact) mass is 358 g/mol. The Morgan fingerprint density at radius 2 is 2.00 bits per heavy atom. The first kappa shape index (κ1) is 20.5. The molecule has 0 aromatic carbocycles. The topological polar surface area (TPSA) is 42.3 Å². The molecule has 0 saturated heterocycles. The molecule has 3 nitrogen and oxygen atoms in total. The third kappa shape index (κ3) is 5.58. The van der Waals surface area contributed by atoms with Crippen LogP contribution in [0.4, 0.5) is 4.39 Å². The lowest BCUT2D eigenvalue weighted by Gasteiger charge is -2.27. The van der Waals surface area contributed by atoms with Crippen LogP contribution in [-0.4, -0.2) is 23.0 Å². The number of halogens is 1. The first-order valence-corrected chi connectivity index (χ1v) is 9.63. The first-order valence-electron chi connectivity index (χ1n) is 9.63. The Morgan fingerprint density at radius 1 is 1.27 bits per heavy atom. The molecule has 1 aromatic heterocycles. The largest absolute Gasteiger partial charge is 0.299 e. The molecule has 0 fully saturated rings. The van der Waals surface area contributed by atoms with Crippen LogP contribution in [-0.2, 0) is 11.2 Å². The lowest BCUT2D eigenvalue weighted by molar-refractivity contribution is -0.122. The van der Waals surface area contributed by atoms with Gasteiger partial charge >= 0.3 is 0 Å². The lowest BCUT2D eigenvalue weighted by atomic mass is 9.79. The molecule has 142 valence electrons. The number of Topliss-reactive ketones (excluding diaryl/α,β-unsaturated/α-hetero) is 1.